The number of carbonyl (C=O) groups is 2. The summed E-state index contributed by atoms with van der Waals surface area (Å²) in [4.78, 5) is 22.4. The van der Waals surface area contributed by atoms with Crippen LogP contribution in [0.1, 0.15) is 18.9 Å². The predicted molar refractivity (Wildman–Crippen MR) is 69.9 cm³/mol. The molecule has 2 rings (SSSR count). The van der Waals surface area contributed by atoms with Gasteiger partial charge < -0.3 is 15.2 Å². The number of carbonyl (C=O) groups excluding carboxylic acids is 1. The van der Waals surface area contributed by atoms with Gasteiger partial charge in [0.15, 0.2) is 0 Å². The third-order valence-corrected chi connectivity index (χ3v) is 3.03. The highest BCUT2D eigenvalue weighted by Gasteiger charge is 2.43. The number of rotatable bonds is 6. The lowest BCUT2D eigenvalue weighted by atomic mass is 10.1. The standard InChI is InChI=1S/C14H17NO4/c1-2-19-12-8-11(12)14(18)15-10-5-3-9(4-6-10)7-13(16)17/h3-6,11-12H,2,7-8H2,1H3,(H,15,18)(H,16,17). The van der Waals surface area contributed by atoms with E-state index in [9.17, 15) is 9.59 Å². The van der Waals surface area contributed by atoms with Crippen molar-refractivity contribution in [2.75, 3.05) is 11.9 Å². The number of anilines is 1. The number of carboxylic acid groups (broad SMARTS) is 1. The Balaban J connectivity index is 1.86. The summed E-state index contributed by atoms with van der Waals surface area (Å²) in [5, 5.41) is 11.5. The van der Waals surface area contributed by atoms with Crippen molar-refractivity contribution >= 4 is 17.6 Å². The molecule has 0 aliphatic heterocycles. The van der Waals surface area contributed by atoms with E-state index in [0.29, 0.717) is 17.9 Å². The normalized spacial score (nSPS) is 20.9. The summed E-state index contributed by atoms with van der Waals surface area (Å²) in [5.74, 6) is -0.961. The Kier molecular flexibility index (Phi) is 4.16. The van der Waals surface area contributed by atoms with Crippen LogP contribution < -0.4 is 5.32 Å². The minimum atomic E-state index is -0.866. The van der Waals surface area contributed by atoms with Crippen molar-refractivity contribution in [3.05, 3.63) is 29.8 Å². The Hall–Kier alpha value is -1.88. The van der Waals surface area contributed by atoms with Gasteiger partial charge in [0.2, 0.25) is 5.91 Å². The first-order valence-corrected chi connectivity index (χ1v) is 6.33. The molecule has 0 radical (unpaired) electrons. The summed E-state index contributed by atoms with van der Waals surface area (Å²) in [7, 11) is 0. The fourth-order valence-electron chi connectivity index (χ4n) is 1.96. The van der Waals surface area contributed by atoms with Crippen LogP contribution in [0.3, 0.4) is 0 Å². The minimum Gasteiger partial charge on any atom is -0.481 e. The molecular formula is C14H17NO4. The lowest BCUT2D eigenvalue weighted by molar-refractivity contribution is -0.136. The number of hydrogen-bond donors (Lipinski definition) is 2. The number of nitrogens with one attached hydrogen (secondary N) is 1. The summed E-state index contributed by atoms with van der Waals surface area (Å²) in [5.41, 5.74) is 1.39. The highest BCUT2D eigenvalue weighted by atomic mass is 16.5. The predicted octanol–water partition coefficient (Wildman–Crippen LogP) is 1.68. The Labute approximate surface area is 111 Å². The van der Waals surface area contributed by atoms with E-state index in [1.165, 1.54) is 0 Å². The third-order valence-electron chi connectivity index (χ3n) is 3.03. The molecule has 1 fully saturated rings. The maximum atomic E-state index is 11.8. The molecule has 1 aromatic rings. The van der Waals surface area contributed by atoms with Crippen LogP contribution in [0.5, 0.6) is 0 Å². The van der Waals surface area contributed by atoms with Gasteiger partial charge in [0, 0.05) is 12.3 Å². The van der Waals surface area contributed by atoms with Gasteiger partial charge in [0.1, 0.15) is 0 Å². The van der Waals surface area contributed by atoms with Crippen LogP contribution in [0.25, 0.3) is 0 Å². The second kappa shape index (κ2) is 5.84. The molecule has 0 spiro atoms. The lowest BCUT2D eigenvalue weighted by Crippen LogP contribution is -2.16. The van der Waals surface area contributed by atoms with Gasteiger partial charge in [0.25, 0.3) is 0 Å². The summed E-state index contributed by atoms with van der Waals surface area (Å²) in [6.07, 6.45) is 0.816. The summed E-state index contributed by atoms with van der Waals surface area (Å²) >= 11 is 0. The first-order valence-electron chi connectivity index (χ1n) is 6.33. The molecule has 0 aromatic heterocycles. The molecule has 0 saturated heterocycles. The molecule has 0 bridgehead atoms. The smallest absolute Gasteiger partial charge is 0.307 e. The summed E-state index contributed by atoms with van der Waals surface area (Å²) in [6.45, 7) is 2.53. The zero-order valence-electron chi connectivity index (χ0n) is 10.8. The molecule has 102 valence electrons. The van der Waals surface area contributed by atoms with Crippen LogP contribution in [0.15, 0.2) is 24.3 Å². The molecule has 1 saturated carbocycles. The molecule has 19 heavy (non-hydrogen) atoms. The zero-order chi connectivity index (χ0) is 13.8. The molecule has 5 nitrogen and oxygen atoms in total. The largest absolute Gasteiger partial charge is 0.481 e. The molecule has 1 amide bonds. The number of hydrogen-bond acceptors (Lipinski definition) is 3. The number of ether oxygens (including phenoxy) is 1. The number of benzene rings is 1. The molecule has 0 heterocycles. The quantitative estimate of drug-likeness (QED) is 0.818. The topological polar surface area (TPSA) is 75.6 Å². The summed E-state index contributed by atoms with van der Waals surface area (Å²) in [6, 6.07) is 6.84. The molecule has 1 aromatic carbocycles. The highest BCUT2D eigenvalue weighted by molar-refractivity contribution is 5.94. The van der Waals surface area contributed by atoms with Crippen molar-refractivity contribution < 1.29 is 19.4 Å². The van der Waals surface area contributed by atoms with Crippen LogP contribution in [0, 0.1) is 5.92 Å². The molecule has 2 unspecified atom stereocenters. The van der Waals surface area contributed by atoms with Gasteiger partial charge in [-0.2, -0.15) is 0 Å². The van der Waals surface area contributed by atoms with Gasteiger partial charge in [-0.05, 0) is 31.0 Å². The van der Waals surface area contributed by atoms with E-state index >= 15 is 0 Å². The average molecular weight is 263 g/mol. The molecule has 5 heteroatoms. The van der Waals surface area contributed by atoms with E-state index in [1.54, 1.807) is 24.3 Å². The third kappa shape index (κ3) is 3.79. The Morgan fingerprint density at radius 3 is 2.63 bits per heavy atom. The fraction of sp³-hybridized carbons (Fsp3) is 0.429. The van der Waals surface area contributed by atoms with Crippen molar-refractivity contribution in [3.63, 3.8) is 0 Å². The molecule has 1 aliphatic carbocycles. The second-order valence-electron chi connectivity index (χ2n) is 4.59. The minimum absolute atomic E-state index is 0.0106. The zero-order valence-corrected chi connectivity index (χ0v) is 10.8. The van der Waals surface area contributed by atoms with Crippen molar-refractivity contribution in [3.8, 4) is 0 Å². The second-order valence-corrected chi connectivity index (χ2v) is 4.59. The van der Waals surface area contributed by atoms with E-state index in [4.69, 9.17) is 9.84 Å². The number of amides is 1. The first-order chi connectivity index (χ1) is 9.10. The van der Waals surface area contributed by atoms with Crippen LogP contribution >= 0.6 is 0 Å². The monoisotopic (exact) mass is 263 g/mol. The number of carboxylic acids is 1. The van der Waals surface area contributed by atoms with Gasteiger partial charge in [0.05, 0.1) is 18.4 Å². The molecular weight excluding hydrogens is 246 g/mol. The Morgan fingerprint density at radius 2 is 2.05 bits per heavy atom. The van der Waals surface area contributed by atoms with Crippen molar-refractivity contribution in [2.45, 2.75) is 25.9 Å². The van der Waals surface area contributed by atoms with Gasteiger partial charge in [-0.1, -0.05) is 12.1 Å². The first kappa shape index (κ1) is 13.5. The fourth-order valence-corrected chi connectivity index (χ4v) is 1.96. The Bertz CT molecular complexity index is 469. The van der Waals surface area contributed by atoms with E-state index in [1.807, 2.05) is 6.92 Å². The molecule has 2 atom stereocenters. The van der Waals surface area contributed by atoms with Crippen LogP contribution in [-0.2, 0) is 20.7 Å². The van der Waals surface area contributed by atoms with Gasteiger partial charge in [-0.15, -0.1) is 0 Å². The lowest BCUT2D eigenvalue weighted by Gasteiger charge is -2.06. The maximum Gasteiger partial charge on any atom is 0.307 e. The van der Waals surface area contributed by atoms with E-state index < -0.39 is 5.97 Å². The Morgan fingerprint density at radius 1 is 1.37 bits per heavy atom. The number of aliphatic carboxylic acids is 1. The van der Waals surface area contributed by atoms with Crippen molar-refractivity contribution in [2.24, 2.45) is 5.92 Å². The molecule has 2 N–H and O–H groups in total. The van der Waals surface area contributed by atoms with Crippen molar-refractivity contribution in [1.29, 1.82) is 0 Å². The maximum absolute atomic E-state index is 11.8. The average Bonchev–Trinajstić information content (AvgIpc) is 3.11. The van der Waals surface area contributed by atoms with E-state index in [0.717, 1.165) is 6.42 Å². The van der Waals surface area contributed by atoms with Gasteiger partial charge in [-0.3, -0.25) is 9.59 Å². The van der Waals surface area contributed by atoms with Crippen LogP contribution in [0.4, 0.5) is 5.69 Å². The van der Waals surface area contributed by atoms with E-state index in [2.05, 4.69) is 5.32 Å². The van der Waals surface area contributed by atoms with E-state index in [-0.39, 0.29) is 24.3 Å². The highest BCUT2D eigenvalue weighted by Crippen LogP contribution is 2.34. The van der Waals surface area contributed by atoms with Crippen molar-refractivity contribution in [1.82, 2.24) is 0 Å². The van der Waals surface area contributed by atoms with Gasteiger partial charge in [-0.25, -0.2) is 0 Å². The molecule has 1 aliphatic rings. The SMILES string of the molecule is CCOC1CC1C(=O)Nc1ccc(CC(=O)O)cc1. The van der Waals surface area contributed by atoms with Crippen LogP contribution in [-0.4, -0.2) is 29.7 Å². The summed E-state index contributed by atoms with van der Waals surface area (Å²) < 4.78 is 5.36. The van der Waals surface area contributed by atoms with Crippen LogP contribution in [0.2, 0.25) is 0 Å². The van der Waals surface area contributed by atoms with Gasteiger partial charge >= 0.3 is 5.97 Å².